The normalized spacial score (nSPS) is 19.5. The average Bonchev–Trinajstić information content (AvgIpc) is 3.37. The highest BCUT2D eigenvalue weighted by molar-refractivity contribution is 5.20. The van der Waals surface area contributed by atoms with E-state index in [1.807, 2.05) is 35.0 Å². The summed E-state index contributed by atoms with van der Waals surface area (Å²) in [6, 6.07) is 10.6. The number of para-hydroxylation sites is 1. The van der Waals surface area contributed by atoms with Crippen LogP contribution in [0.1, 0.15) is 24.7 Å². The number of ether oxygens (including phenoxy) is 1. The molecule has 1 aliphatic heterocycles. The van der Waals surface area contributed by atoms with Crippen LogP contribution in [0, 0.1) is 0 Å². The third-order valence-corrected chi connectivity index (χ3v) is 4.70. The van der Waals surface area contributed by atoms with Gasteiger partial charge in [-0.1, -0.05) is 18.2 Å². The molecule has 0 amide bonds. The predicted molar refractivity (Wildman–Crippen MR) is 89.7 cm³/mol. The lowest BCUT2D eigenvalue weighted by molar-refractivity contribution is 0.109. The third-order valence-electron chi connectivity index (χ3n) is 4.70. The molecule has 2 aliphatic rings. The maximum atomic E-state index is 5.78. The third kappa shape index (κ3) is 3.91. The molecule has 0 spiro atoms. The smallest absolute Gasteiger partial charge is 0.165 e. The summed E-state index contributed by atoms with van der Waals surface area (Å²) in [5, 5.41) is 12.2. The topological polar surface area (TPSA) is 59.3 Å². The lowest BCUT2D eigenvalue weighted by Gasteiger charge is -2.34. The lowest BCUT2D eigenvalue weighted by atomic mass is 10.3. The first-order valence-corrected chi connectivity index (χ1v) is 8.78. The fraction of sp³-hybridized carbons (Fsp3) is 0.588. The van der Waals surface area contributed by atoms with Crippen LogP contribution in [0.3, 0.4) is 0 Å². The molecule has 2 heterocycles. The molecule has 1 aliphatic carbocycles. The van der Waals surface area contributed by atoms with Crippen LogP contribution in [0.15, 0.2) is 30.3 Å². The Bertz CT molecular complexity index is 634. The number of benzene rings is 1. The van der Waals surface area contributed by atoms with Gasteiger partial charge in [0, 0.05) is 32.7 Å². The van der Waals surface area contributed by atoms with Gasteiger partial charge in [-0.2, -0.15) is 0 Å². The molecule has 0 radical (unpaired) electrons. The van der Waals surface area contributed by atoms with Crippen molar-refractivity contribution in [1.82, 2.24) is 30.0 Å². The minimum Gasteiger partial charge on any atom is -0.492 e. The molecule has 24 heavy (non-hydrogen) atoms. The Morgan fingerprint density at radius 2 is 1.75 bits per heavy atom. The van der Waals surface area contributed by atoms with E-state index in [-0.39, 0.29) is 0 Å². The van der Waals surface area contributed by atoms with E-state index < -0.39 is 0 Å². The molecular formula is C17H24N6O. The number of nitrogens with zero attached hydrogens (tertiary/aromatic N) is 6. The molecule has 2 fully saturated rings. The van der Waals surface area contributed by atoms with E-state index in [2.05, 4.69) is 25.3 Å². The average molecular weight is 328 g/mol. The van der Waals surface area contributed by atoms with Crippen LogP contribution in [-0.4, -0.2) is 69.3 Å². The van der Waals surface area contributed by atoms with Crippen LogP contribution in [0.2, 0.25) is 0 Å². The van der Waals surface area contributed by atoms with Crippen LogP contribution in [0.4, 0.5) is 0 Å². The van der Waals surface area contributed by atoms with Gasteiger partial charge in [0.1, 0.15) is 12.4 Å². The number of aromatic nitrogens is 4. The van der Waals surface area contributed by atoms with E-state index in [1.54, 1.807) is 0 Å². The SMILES string of the molecule is c1ccc(OCCN2CCN(Cc3nnnn3C3CC3)CC2)cc1. The molecule has 0 bridgehead atoms. The fourth-order valence-corrected chi connectivity index (χ4v) is 3.10. The van der Waals surface area contributed by atoms with Crippen molar-refractivity contribution in [3.8, 4) is 5.75 Å². The standard InChI is InChI=1S/C17H24N6O/c1-2-4-16(5-3-1)24-13-12-21-8-10-22(11-9-21)14-17-18-19-20-23(17)15-6-7-15/h1-5,15H,6-14H2. The monoisotopic (exact) mass is 328 g/mol. The Kier molecular flexibility index (Phi) is 4.71. The van der Waals surface area contributed by atoms with E-state index >= 15 is 0 Å². The molecule has 1 saturated heterocycles. The van der Waals surface area contributed by atoms with Crippen molar-refractivity contribution in [3.63, 3.8) is 0 Å². The zero-order valence-corrected chi connectivity index (χ0v) is 13.9. The van der Waals surface area contributed by atoms with Crippen molar-refractivity contribution in [1.29, 1.82) is 0 Å². The second kappa shape index (κ2) is 7.27. The van der Waals surface area contributed by atoms with E-state index in [0.29, 0.717) is 6.04 Å². The first-order valence-electron chi connectivity index (χ1n) is 8.78. The number of tetrazole rings is 1. The Labute approximate surface area is 142 Å². The molecule has 7 heteroatoms. The summed E-state index contributed by atoms with van der Waals surface area (Å²) in [5.74, 6) is 1.96. The number of piperazine rings is 1. The van der Waals surface area contributed by atoms with Crippen LogP contribution in [0.25, 0.3) is 0 Å². The molecule has 1 aromatic heterocycles. The summed E-state index contributed by atoms with van der Waals surface area (Å²) in [5.41, 5.74) is 0. The van der Waals surface area contributed by atoms with Gasteiger partial charge in [-0.3, -0.25) is 9.80 Å². The van der Waals surface area contributed by atoms with Gasteiger partial charge in [0.05, 0.1) is 12.6 Å². The van der Waals surface area contributed by atoms with Gasteiger partial charge in [0.2, 0.25) is 0 Å². The molecule has 0 unspecified atom stereocenters. The maximum Gasteiger partial charge on any atom is 0.165 e. The van der Waals surface area contributed by atoms with E-state index in [4.69, 9.17) is 4.74 Å². The van der Waals surface area contributed by atoms with Gasteiger partial charge in [0.25, 0.3) is 0 Å². The fourth-order valence-electron chi connectivity index (χ4n) is 3.10. The minimum absolute atomic E-state index is 0.548. The molecular weight excluding hydrogens is 304 g/mol. The van der Waals surface area contributed by atoms with Gasteiger partial charge < -0.3 is 4.74 Å². The molecule has 4 rings (SSSR count). The highest BCUT2D eigenvalue weighted by Crippen LogP contribution is 2.34. The Balaban J connectivity index is 1.18. The molecule has 7 nitrogen and oxygen atoms in total. The Hall–Kier alpha value is -1.99. The summed E-state index contributed by atoms with van der Waals surface area (Å²) in [6.07, 6.45) is 2.43. The van der Waals surface area contributed by atoms with Crippen molar-refractivity contribution >= 4 is 0 Å². The first-order chi connectivity index (χ1) is 11.9. The van der Waals surface area contributed by atoms with Crippen molar-refractivity contribution in [2.75, 3.05) is 39.3 Å². The van der Waals surface area contributed by atoms with Gasteiger partial charge in [-0.05, 0) is 35.4 Å². The predicted octanol–water partition coefficient (Wildman–Crippen LogP) is 1.20. The van der Waals surface area contributed by atoms with Crippen molar-refractivity contribution < 1.29 is 4.74 Å². The Morgan fingerprint density at radius 3 is 2.50 bits per heavy atom. The minimum atomic E-state index is 0.548. The summed E-state index contributed by atoms with van der Waals surface area (Å²) < 4.78 is 7.80. The van der Waals surface area contributed by atoms with E-state index in [9.17, 15) is 0 Å². The van der Waals surface area contributed by atoms with Crippen molar-refractivity contribution in [3.05, 3.63) is 36.2 Å². The van der Waals surface area contributed by atoms with Crippen LogP contribution >= 0.6 is 0 Å². The molecule has 1 aromatic carbocycles. The molecule has 2 aromatic rings. The van der Waals surface area contributed by atoms with Gasteiger partial charge in [0.15, 0.2) is 5.82 Å². The van der Waals surface area contributed by atoms with Crippen LogP contribution in [0.5, 0.6) is 5.75 Å². The molecule has 0 N–H and O–H groups in total. The quantitative estimate of drug-likeness (QED) is 0.761. The number of rotatable bonds is 7. The lowest BCUT2D eigenvalue weighted by Crippen LogP contribution is -2.47. The van der Waals surface area contributed by atoms with Crippen molar-refractivity contribution in [2.24, 2.45) is 0 Å². The summed E-state index contributed by atoms with van der Waals surface area (Å²) >= 11 is 0. The second-order valence-electron chi connectivity index (χ2n) is 6.55. The van der Waals surface area contributed by atoms with Crippen LogP contribution < -0.4 is 4.74 Å². The van der Waals surface area contributed by atoms with E-state index in [1.165, 1.54) is 12.8 Å². The molecule has 1 saturated carbocycles. The summed E-state index contributed by atoms with van der Waals surface area (Å²) in [6.45, 7) is 6.84. The highest BCUT2D eigenvalue weighted by Gasteiger charge is 2.28. The second-order valence-corrected chi connectivity index (χ2v) is 6.55. The van der Waals surface area contributed by atoms with E-state index in [0.717, 1.165) is 57.4 Å². The molecule has 128 valence electrons. The van der Waals surface area contributed by atoms with Gasteiger partial charge in [-0.15, -0.1) is 5.10 Å². The highest BCUT2D eigenvalue weighted by atomic mass is 16.5. The number of hydrogen-bond acceptors (Lipinski definition) is 6. The van der Waals surface area contributed by atoms with Gasteiger partial charge in [-0.25, -0.2) is 4.68 Å². The molecule has 0 atom stereocenters. The number of hydrogen-bond donors (Lipinski definition) is 0. The maximum absolute atomic E-state index is 5.78. The van der Waals surface area contributed by atoms with Crippen LogP contribution in [-0.2, 0) is 6.54 Å². The largest absolute Gasteiger partial charge is 0.492 e. The first kappa shape index (κ1) is 15.5. The van der Waals surface area contributed by atoms with Gasteiger partial charge >= 0.3 is 0 Å². The zero-order chi connectivity index (χ0) is 16.2. The van der Waals surface area contributed by atoms with Crippen molar-refractivity contribution in [2.45, 2.75) is 25.4 Å². The Morgan fingerprint density at radius 1 is 1.00 bits per heavy atom. The zero-order valence-electron chi connectivity index (χ0n) is 13.9. The summed E-state index contributed by atoms with van der Waals surface area (Å²) in [7, 11) is 0. The summed E-state index contributed by atoms with van der Waals surface area (Å²) in [4.78, 5) is 4.91.